The zero-order valence-electron chi connectivity index (χ0n) is 11.0. The minimum Gasteiger partial charge on any atom is -0.478 e. The lowest BCUT2D eigenvalue weighted by molar-refractivity contribution is 0.0175. The molecule has 0 fully saturated rings. The van der Waals surface area contributed by atoms with Crippen LogP contribution in [0.2, 0.25) is 0 Å². The molecule has 0 spiro atoms. The van der Waals surface area contributed by atoms with Gasteiger partial charge in [0.25, 0.3) is 5.92 Å². The van der Waals surface area contributed by atoms with E-state index in [0.717, 1.165) is 6.92 Å². The molecule has 0 unspecified atom stereocenters. The molecule has 1 heterocycles. The predicted molar refractivity (Wildman–Crippen MR) is 70.9 cm³/mol. The highest BCUT2D eigenvalue weighted by atomic mass is 19.3. The number of carbonyl (C=O) groups is 1. The lowest BCUT2D eigenvalue weighted by Crippen LogP contribution is -2.06. The highest BCUT2D eigenvalue weighted by molar-refractivity contribution is 5.90. The number of aryl methyl sites for hydroxylation is 1. The summed E-state index contributed by atoms with van der Waals surface area (Å²) >= 11 is 0. The van der Waals surface area contributed by atoms with Crippen LogP contribution in [-0.2, 0) is 5.92 Å². The topological polar surface area (TPSA) is 50.2 Å². The first-order chi connectivity index (χ1) is 9.29. The van der Waals surface area contributed by atoms with Crippen molar-refractivity contribution in [3.63, 3.8) is 0 Å². The summed E-state index contributed by atoms with van der Waals surface area (Å²) < 4.78 is 26.2. The molecule has 1 aromatic heterocycles. The van der Waals surface area contributed by atoms with E-state index in [9.17, 15) is 13.6 Å². The van der Waals surface area contributed by atoms with Crippen LogP contribution in [0, 0.1) is 6.92 Å². The van der Waals surface area contributed by atoms with Crippen molar-refractivity contribution in [1.29, 1.82) is 0 Å². The van der Waals surface area contributed by atoms with Crippen LogP contribution in [0.15, 0.2) is 36.5 Å². The third-order valence-electron chi connectivity index (χ3n) is 3.04. The van der Waals surface area contributed by atoms with E-state index in [1.807, 2.05) is 0 Å². The Morgan fingerprint density at radius 2 is 1.80 bits per heavy atom. The molecule has 0 aliphatic heterocycles. The lowest BCUT2D eigenvalue weighted by Gasteiger charge is -2.11. The second kappa shape index (κ2) is 5.00. The Balaban J connectivity index is 2.42. The van der Waals surface area contributed by atoms with Gasteiger partial charge in [-0.3, -0.25) is 4.98 Å². The van der Waals surface area contributed by atoms with E-state index in [2.05, 4.69) is 4.98 Å². The molecule has 0 bridgehead atoms. The van der Waals surface area contributed by atoms with Gasteiger partial charge in [0.15, 0.2) is 0 Å². The van der Waals surface area contributed by atoms with Crippen LogP contribution in [0.5, 0.6) is 0 Å². The third kappa shape index (κ3) is 2.82. The molecular weight excluding hydrogens is 264 g/mol. The maximum absolute atomic E-state index is 13.1. The highest BCUT2D eigenvalue weighted by Gasteiger charge is 2.23. The summed E-state index contributed by atoms with van der Waals surface area (Å²) in [6.07, 6.45) is 1.53. The number of halogens is 2. The van der Waals surface area contributed by atoms with E-state index in [1.54, 1.807) is 6.92 Å². The largest absolute Gasteiger partial charge is 0.478 e. The molecule has 1 N–H and O–H groups in total. The van der Waals surface area contributed by atoms with Crippen molar-refractivity contribution in [3.05, 3.63) is 53.3 Å². The number of hydrogen-bond donors (Lipinski definition) is 1. The molecule has 104 valence electrons. The van der Waals surface area contributed by atoms with Crippen molar-refractivity contribution in [1.82, 2.24) is 4.98 Å². The summed E-state index contributed by atoms with van der Waals surface area (Å²) in [5, 5.41) is 9.05. The maximum atomic E-state index is 13.1. The molecule has 20 heavy (non-hydrogen) atoms. The van der Waals surface area contributed by atoms with Crippen LogP contribution >= 0.6 is 0 Å². The summed E-state index contributed by atoms with van der Waals surface area (Å²) in [6.45, 7) is 2.44. The van der Waals surface area contributed by atoms with E-state index in [0.29, 0.717) is 16.8 Å². The molecule has 0 atom stereocenters. The first kappa shape index (κ1) is 14.1. The van der Waals surface area contributed by atoms with Gasteiger partial charge in [-0.15, -0.1) is 0 Å². The summed E-state index contributed by atoms with van der Waals surface area (Å²) in [5.74, 6) is -3.95. The van der Waals surface area contributed by atoms with Crippen molar-refractivity contribution in [2.75, 3.05) is 0 Å². The molecule has 1 aromatic carbocycles. The molecule has 0 aliphatic rings. The first-order valence-electron chi connectivity index (χ1n) is 5.97. The van der Waals surface area contributed by atoms with Gasteiger partial charge in [-0.25, -0.2) is 13.6 Å². The number of nitrogens with zero attached hydrogens (tertiary/aromatic N) is 1. The van der Waals surface area contributed by atoms with E-state index in [-0.39, 0.29) is 11.1 Å². The molecule has 0 radical (unpaired) electrons. The number of benzene rings is 1. The number of pyridine rings is 1. The third-order valence-corrected chi connectivity index (χ3v) is 3.04. The zero-order chi connectivity index (χ0) is 14.9. The molecule has 3 nitrogen and oxygen atoms in total. The van der Waals surface area contributed by atoms with Crippen LogP contribution < -0.4 is 0 Å². The standard InChI is InChI=1S/C15H13F2NO2/c1-9-13(14(19)20)7-11(8-18-9)10-3-5-12(6-4-10)15(2,16)17/h3-8H,1-2H3,(H,19,20). The fourth-order valence-corrected chi connectivity index (χ4v) is 1.86. The van der Waals surface area contributed by atoms with Gasteiger partial charge in [-0.05, 0) is 18.6 Å². The number of alkyl halides is 2. The van der Waals surface area contributed by atoms with Gasteiger partial charge in [0.2, 0.25) is 0 Å². The molecule has 0 aliphatic carbocycles. The molecule has 5 heteroatoms. The van der Waals surface area contributed by atoms with E-state index < -0.39 is 11.9 Å². The van der Waals surface area contributed by atoms with Crippen LogP contribution in [0.1, 0.15) is 28.5 Å². The van der Waals surface area contributed by atoms with Gasteiger partial charge in [0, 0.05) is 24.2 Å². The van der Waals surface area contributed by atoms with Gasteiger partial charge in [0.1, 0.15) is 0 Å². The molecule has 0 saturated carbocycles. The van der Waals surface area contributed by atoms with E-state index in [1.165, 1.54) is 36.5 Å². The average Bonchev–Trinajstić information content (AvgIpc) is 2.38. The van der Waals surface area contributed by atoms with Crippen molar-refractivity contribution < 1.29 is 18.7 Å². The Bertz CT molecular complexity index is 646. The normalized spacial score (nSPS) is 11.4. The van der Waals surface area contributed by atoms with Crippen molar-refractivity contribution in [2.45, 2.75) is 19.8 Å². The van der Waals surface area contributed by atoms with Crippen molar-refractivity contribution in [2.24, 2.45) is 0 Å². The molecule has 2 aromatic rings. The Labute approximate surface area is 114 Å². The molecule has 0 saturated heterocycles. The first-order valence-corrected chi connectivity index (χ1v) is 5.97. The van der Waals surface area contributed by atoms with Crippen molar-refractivity contribution >= 4 is 5.97 Å². The fourth-order valence-electron chi connectivity index (χ4n) is 1.86. The van der Waals surface area contributed by atoms with Gasteiger partial charge in [0.05, 0.1) is 11.3 Å². The number of rotatable bonds is 3. The predicted octanol–water partition coefficient (Wildman–Crippen LogP) is 3.87. The summed E-state index contributed by atoms with van der Waals surface area (Å²) in [6, 6.07) is 7.21. The summed E-state index contributed by atoms with van der Waals surface area (Å²) in [4.78, 5) is 15.1. The van der Waals surface area contributed by atoms with Crippen LogP contribution in [-0.4, -0.2) is 16.1 Å². The molecular formula is C15H13F2NO2. The van der Waals surface area contributed by atoms with Crippen LogP contribution in [0.3, 0.4) is 0 Å². The van der Waals surface area contributed by atoms with Gasteiger partial charge >= 0.3 is 5.97 Å². The van der Waals surface area contributed by atoms with Gasteiger partial charge in [-0.1, -0.05) is 24.3 Å². The molecule has 2 rings (SSSR count). The number of aromatic nitrogens is 1. The number of carboxylic acid groups (broad SMARTS) is 1. The van der Waals surface area contributed by atoms with Crippen LogP contribution in [0.4, 0.5) is 8.78 Å². The second-order valence-electron chi connectivity index (χ2n) is 4.63. The smallest absolute Gasteiger partial charge is 0.337 e. The van der Waals surface area contributed by atoms with Gasteiger partial charge in [-0.2, -0.15) is 0 Å². The average molecular weight is 277 g/mol. The minimum absolute atomic E-state index is 0.0835. The van der Waals surface area contributed by atoms with Crippen molar-refractivity contribution in [3.8, 4) is 11.1 Å². The monoisotopic (exact) mass is 277 g/mol. The number of carboxylic acids is 1. The summed E-state index contributed by atoms with van der Waals surface area (Å²) in [7, 11) is 0. The lowest BCUT2D eigenvalue weighted by atomic mass is 10.0. The molecule has 0 amide bonds. The summed E-state index contributed by atoms with van der Waals surface area (Å²) in [5.41, 5.74) is 1.66. The number of aromatic carboxylic acids is 1. The Morgan fingerprint density at radius 1 is 1.20 bits per heavy atom. The Kier molecular flexibility index (Phi) is 3.53. The number of hydrogen-bond acceptors (Lipinski definition) is 2. The fraction of sp³-hybridized carbons (Fsp3) is 0.200. The zero-order valence-corrected chi connectivity index (χ0v) is 11.0. The quantitative estimate of drug-likeness (QED) is 0.926. The second-order valence-corrected chi connectivity index (χ2v) is 4.63. The van der Waals surface area contributed by atoms with Gasteiger partial charge < -0.3 is 5.11 Å². The minimum atomic E-state index is -2.89. The maximum Gasteiger partial charge on any atom is 0.337 e. The highest BCUT2D eigenvalue weighted by Crippen LogP contribution is 2.29. The van der Waals surface area contributed by atoms with E-state index >= 15 is 0 Å². The SMILES string of the molecule is Cc1ncc(-c2ccc(C(C)(F)F)cc2)cc1C(=O)O. The Morgan fingerprint density at radius 3 is 2.30 bits per heavy atom. The Hall–Kier alpha value is -2.30. The van der Waals surface area contributed by atoms with E-state index in [4.69, 9.17) is 5.11 Å². The van der Waals surface area contributed by atoms with Crippen LogP contribution in [0.25, 0.3) is 11.1 Å².